The molecule has 0 unspecified atom stereocenters. The molecule has 7 heterocycles. The third kappa shape index (κ3) is 12.1. The second kappa shape index (κ2) is 22.3. The van der Waals surface area contributed by atoms with Gasteiger partial charge in [0.05, 0.1) is 22.9 Å². The van der Waals surface area contributed by atoms with Gasteiger partial charge >= 0.3 is 0 Å². The van der Waals surface area contributed by atoms with Crippen LogP contribution in [0.3, 0.4) is 0 Å². The van der Waals surface area contributed by atoms with E-state index >= 15 is 0 Å². The first-order chi connectivity index (χ1) is 37.6. The maximum Gasteiger partial charge on any atom is 0.256 e. The van der Waals surface area contributed by atoms with E-state index in [1.807, 2.05) is 130 Å². The Bertz CT molecular complexity index is 3770. The van der Waals surface area contributed by atoms with Gasteiger partial charge < -0.3 is 41.7 Å². The van der Waals surface area contributed by atoms with Gasteiger partial charge in [0.15, 0.2) is 0 Å². The van der Waals surface area contributed by atoms with Gasteiger partial charge in [-0.15, -0.1) is 0 Å². The van der Waals surface area contributed by atoms with Crippen molar-refractivity contribution >= 4 is 102 Å². The zero-order chi connectivity index (χ0) is 52.7. The monoisotopic (exact) mass is 1020 g/mol. The quantitative estimate of drug-likeness (QED) is 0.0607. The number of carbonyl (C=O) groups excluding carboxylic acids is 2. The number of aryl methyl sites for hydroxylation is 3. The molecule has 6 N–H and O–H groups in total. The predicted octanol–water partition coefficient (Wildman–Crippen LogP) is 13.5. The van der Waals surface area contributed by atoms with Crippen molar-refractivity contribution in [3.05, 3.63) is 211 Å². The molecule has 0 atom stereocenters. The summed E-state index contributed by atoms with van der Waals surface area (Å²) in [5.74, 6) is 0.0790. The normalized spacial score (nSPS) is 12.6. The van der Waals surface area contributed by atoms with Crippen LogP contribution in [0.5, 0.6) is 0 Å². The Labute approximate surface area is 446 Å². The summed E-state index contributed by atoms with van der Waals surface area (Å²) in [5.41, 5.74) is 16.2. The van der Waals surface area contributed by atoms with Gasteiger partial charge in [0.1, 0.15) is 5.82 Å². The highest BCUT2D eigenvalue weighted by atomic mass is 16.2. The Balaban J connectivity index is 0.000000164. The van der Waals surface area contributed by atoms with Crippen LogP contribution in [0.15, 0.2) is 183 Å². The van der Waals surface area contributed by atoms with Crippen molar-refractivity contribution < 1.29 is 9.59 Å². The Morgan fingerprint density at radius 3 is 1.53 bits per heavy atom. The number of amides is 2. The number of fused-ring (bicyclic) bond motifs is 2. The summed E-state index contributed by atoms with van der Waals surface area (Å²) in [5, 5.41) is 21.6. The zero-order valence-electron chi connectivity index (χ0n) is 43.0. The number of rotatable bonds is 14. The Kier molecular flexibility index (Phi) is 14.3. The maximum atomic E-state index is 13.0. The number of pyridine rings is 5. The average Bonchev–Trinajstić information content (AvgIpc) is 3.41. The predicted molar refractivity (Wildman–Crippen MR) is 312 cm³/mol. The van der Waals surface area contributed by atoms with Crippen LogP contribution in [0.1, 0.15) is 50.6 Å². The maximum absolute atomic E-state index is 13.0. The van der Waals surface area contributed by atoms with Crippen LogP contribution in [0.4, 0.5) is 68.4 Å². The van der Waals surface area contributed by atoms with Crippen LogP contribution >= 0.6 is 0 Å². The van der Waals surface area contributed by atoms with Crippen molar-refractivity contribution in [2.75, 3.05) is 67.9 Å². The van der Waals surface area contributed by atoms with Gasteiger partial charge in [-0.05, 0) is 179 Å². The number of benzene rings is 5. The van der Waals surface area contributed by atoms with Crippen molar-refractivity contribution in [3.63, 3.8) is 0 Å². The van der Waals surface area contributed by atoms with E-state index in [0.717, 1.165) is 116 Å². The smallest absolute Gasteiger partial charge is 0.256 e. The van der Waals surface area contributed by atoms with Gasteiger partial charge in [-0.2, -0.15) is 0 Å². The molecule has 0 aliphatic carbocycles. The molecule has 2 saturated heterocycles. The van der Waals surface area contributed by atoms with Gasteiger partial charge in [-0.3, -0.25) is 29.5 Å². The summed E-state index contributed by atoms with van der Waals surface area (Å²) in [4.78, 5) is 52.9. The summed E-state index contributed by atoms with van der Waals surface area (Å²) in [7, 11) is 0. The molecule has 0 bridgehead atoms. The molecule has 15 nitrogen and oxygen atoms in total. The van der Waals surface area contributed by atoms with E-state index in [9.17, 15) is 9.59 Å². The molecular weight excluding hydrogens is 959 g/mol. The molecule has 12 rings (SSSR count). The summed E-state index contributed by atoms with van der Waals surface area (Å²) < 4.78 is 0. The van der Waals surface area contributed by atoms with Crippen molar-refractivity contribution in [1.29, 1.82) is 0 Å². The molecule has 10 aromatic rings. The lowest BCUT2D eigenvalue weighted by Gasteiger charge is -2.33. The fourth-order valence-corrected chi connectivity index (χ4v) is 9.17. The van der Waals surface area contributed by atoms with Crippen LogP contribution < -0.4 is 41.7 Å². The first kappa shape index (κ1) is 49.3. The highest BCUT2D eigenvalue weighted by Gasteiger charge is 2.18. The van der Waals surface area contributed by atoms with Gasteiger partial charge in [0, 0.05) is 141 Å². The van der Waals surface area contributed by atoms with E-state index in [2.05, 4.69) is 98.0 Å². The summed E-state index contributed by atoms with van der Waals surface area (Å²) >= 11 is 0. The summed E-state index contributed by atoms with van der Waals surface area (Å²) in [6, 6.07) is 50.8. The lowest BCUT2D eigenvalue weighted by molar-refractivity contribution is 0.101. The van der Waals surface area contributed by atoms with Crippen LogP contribution in [0, 0.1) is 20.8 Å². The molecule has 382 valence electrons. The van der Waals surface area contributed by atoms with E-state index in [1.54, 1.807) is 36.9 Å². The molecule has 77 heavy (non-hydrogen) atoms. The number of anilines is 12. The van der Waals surface area contributed by atoms with Gasteiger partial charge in [0.2, 0.25) is 0 Å². The fraction of sp³-hybridized carbons (Fsp3) is 0.145. The van der Waals surface area contributed by atoms with Crippen LogP contribution in [-0.4, -0.2) is 62.9 Å². The average molecular weight is 1020 g/mol. The molecule has 2 fully saturated rings. The SMILES string of the molecule is Cc1cc(Nc2ccc(NC(=O)c3cccc(Nc4cc(C)nc5ccc(N6CCC6)cc45)c3)nc2)ccn1.Cc1cc(Nc2ccc(NC(=O)c3cccc(Nc4ccnc5ccc(N6CCC6)cc45)c3)cc2)ccn1. The van der Waals surface area contributed by atoms with Gasteiger partial charge in [-0.25, -0.2) is 4.98 Å². The molecule has 2 amide bonds. The molecule has 0 radical (unpaired) electrons. The van der Waals surface area contributed by atoms with Crippen molar-refractivity contribution in [2.45, 2.75) is 33.6 Å². The molecule has 0 saturated carbocycles. The minimum Gasteiger partial charge on any atom is -0.371 e. The Morgan fingerprint density at radius 1 is 0.416 bits per heavy atom. The molecule has 2 aliphatic heterocycles. The van der Waals surface area contributed by atoms with Crippen molar-refractivity contribution in [3.8, 4) is 0 Å². The second-order valence-electron chi connectivity index (χ2n) is 19.2. The lowest BCUT2D eigenvalue weighted by Crippen LogP contribution is -2.36. The number of nitrogens with zero attached hydrogens (tertiary/aromatic N) is 7. The van der Waals surface area contributed by atoms with Crippen molar-refractivity contribution in [2.24, 2.45) is 0 Å². The summed E-state index contributed by atoms with van der Waals surface area (Å²) in [6.45, 7) is 10.2. The van der Waals surface area contributed by atoms with Crippen LogP contribution in [0.25, 0.3) is 21.8 Å². The third-order valence-corrected chi connectivity index (χ3v) is 13.4. The first-order valence-corrected chi connectivity index (χ1v) is 25.7. The van der Waals surface area contributed by atoms with E-state index in [4.69, 9.17) is 4.98 Å². The summed E-state index contributed by atoms with van der Waals surface area (Å²) in [6.07, 6.45) is 9.49. The number of aromatic nitrogens is 5. The van der Waals surface area contributed by atoms with Crippen LogP contribution in [-0.2, 0) is 0 Å². The highest BCUT2D eigenvalue weighted by Crippen LogP contribution is 2.34. The minimum atomic E-state index is -0.229. The molecule has 15 heteroatoms. The number of nitrogens with one attached hydrogen (secondary N) is 6. The third-order valence-electron chi connectivity index (χ3n) is 13.4. The van der Waals surface area contributed by atoms with E-state index in [-0.39, 0.29) is 11.8 Å². The van der Waals surface area contributed by atoms with E-state index in [1.165, 1.54) is 24.2 Å². The lowest BCUT2D eigenvalue weighted by atomic mass is 10.1. The van der Waals surface area contributed by atoms with Crippen molar-refractivity contribution in [1.82, 2.24) is 24.9 Å². The number of hydrogen-bond donors (Lipinski definition) is 6. The first-order valence-electron chi connectivity index (χ1n) is 25.7. The molecule has 2 aliphatic rings. The van der Waals surface area contributed by atoms with E-state index in [0.29, 0.717) is 16.9 Å². The number of hydrogen-bond acceptors (Lipinski definition) is 13. The largest absolute Gasteiger partial charge is 0.371 e. The van der Waals surface area contributed by atoms with Gasteiger partial charge in [0.25, 0.3) is 11.8 Å². The number of carbonyl (C=O) groups is 2. The second-order valence-corrected chi connectivity index (χ2v) is 19.2. The Morgan fingerprint density at radius 2 is 0.948 bits per heavy atom. The minimum absolute atomic E-state index is 0.168. The molecule has 0 spiro atoms. The standard InChI is InChI=1S/C31H29N7O.C31H28N6O/c1-20-15-24(11-12-32-20)35-25-7-10-30(33-19-25)37-31(39)22-5-3-6-23(17-22)36-29-16-21(2)34-28-9-8-26(18-27(28)29)38-13-4-14-38;1-21-18-26(12-14-32-21)34-23-6-8-24(9-7-23)36-31(38)22-4-2-5-25(19-22)35-30-13-15-33-29-11-10-27(20-28(29)30)37-16-3-17-37/h3,5-12,15-19H,4,13-14H2,1-2H3,(H,32,35)(H,34,36)(H,33,37,39);2,4-15,18-20H,3,16-17H2,1H3,(H,32,34)(H,33,35)(H,36,38). The Hall–Kier alpha value is -9.89. The van der Waals surface area contributed by atoms with E-state index < -0.39 is 0 Å². The molecule has 5 aromatic carbocycles. The molecule has 5 aromatic heterocycles. The fourth-order valence-electron chi connectivity index (χ4n) is 9.17. The molecular formula is C62H57N13O2. The van der Waals surface area contributed by atoms with Gasteiger partial charge in [-0.1, -0.05) is 12.1 Å². The topological polar surface area (TPSA) is 177 Å². The zero-order valence-corrected chi connectivity index (χ0v) is 43.0. The highest BCUT2D eigenvalue weighted by molar-refractivity contribution is 6.06. The van der Waals surface area contributed by atoms with Crippen LogP contribution in [0.2, 0.25) is 0 Å².